The minimum atomic E-state index is -4.32. The van der Waals surface area contributed by atoms with Crippen molar-refractivity contribution in [1.82, 2.24) is 10.2 Å². The topological polar surface area (TPSA) is 86.8 Å². The van der Waals surface area contributed by atoms with Crippen LogP contribution in [0, 0.1) is 6.92 Å². The molecule has 4 rings (SSSR count). The van der Waals surface area contributed by atoms with Crippen LogP contribution in [0.1, 0.15) is 36.5 Å². The predicted molar refractivity (Wildman–Crippen MR) is 186 cm³/mol. The van der Waals surface area contributed by atoms with Crippen molar-refractivity contribution >= 4 is 62.3 Å². The molecule has 242 valence electrons. The van der Waals surface area contributed by atoms with Crippen molar-refractivity contribution in [1.29, 1.82) is 0 Å². The van der Waals surface area contributed by atoms with Crippen molar-refractivity contribution in [2.24, 2.45) is 0 Å². The molecule has 0 saturated carbocycles. The monoisotopic (exact) mass is 699 g/mol. The number of aryl methyl sites for hydroxylation is 1. The molecule has 0 radical (unpaired) electrons. The minimum absolute atomic E-state index is 0.000210. The summed E-state index contributed by atoms with van der Waals surface area (Å²) < 4.78 is 29.3. The van der Waals surface area contributed by atoms with Gasteiger partial charge in [0.2, 0.25) is 11.8 Å². The first kappa shape index (κ1) is 35.3. The molecule has 7 nitrogen and oxygen atoms in total. The molecule has 0 aliphatic heterocycles. The number of amides is 2. The Morgan fingerprint density at radius 3 is 2.17 bits per heavy atom. The van der Waals surface area contributed by atoms with Gasteiger partial charge >= 0.3 is 0 Å². The fraction of sp³-hybridized carbons (Fsp3) is 0.257. The van der Waals surface area contributed by atoms with Crippen molar-refractivity contribution < 1.29 is 18.0 Å². The first-order chi connectivity index (χ1) is 22.0. The van der Waals surface area contributed by atoms with Gasteiger partial charge in [0, 0.05) is 29.6 Å². The first-order valence-corrected chi connectivity index (χ1v) is 17.5. The number of unbranched alkanes of at least 4 members (excludes halogenated alkanes) is 1. The lowest BCUT2D eigenvalue weighted by atomic mass is 10.0. The molecule has 0 fully saturated rings. The molecule has 0 aromatic heterocycles. The lowest BCUT2D eigenvalue weighted by molar-refractivity contribution is -0.140. The van der Waals surface area contributed by atoms with Crippen LogP contribution >= 0.6 is 34.8 Å². The Balaban J connectivity index is 1.82. The molecule has 1 N–H and O–H groups in total. The molecule has 0 unspecified atom stereocenters. The van der Waals surface area contributed by atoms with Gasteiger partial charge in [0.15, 0.2) is 0 Å². The van der Waals surface area contributed by atoms with Crippen molar-refractivity contribution in [3.63, 3.8) is 0 Å². The maximum Gasteiger partial charge on any atom is 0.264 e. The van der Waals surface area contributed by atoms with E-state index in [1.165, 1.54) is 35.2 Å². The van der Waals surface area contributed by atoms with Crippen molar-refractivity contribution in [3.05, 3.63) is 129 Å². The third kappa shape index (κ3) is 9.26. The summed E-state index contributed by atoms with van der Waals surface area (Å²) in [5.74, 6) is -0.959. The highest BCUT2D eigenvalue weighted by molar-refractivity contribution is 7.92. The molecule has 11 heteroatoms. The maximum atomic E-state index is 14.5. The summed E-state index contributed by atoms with van der Waals surface area (Å²) in [5.41, 5.74) is 2.42. The normalized spacial score (nSPS) is 11.9. The molecule has 0 heterocycles. The van der Waals surface area contributed by atoms with Crippen LogP contribution in [0.15, 0.2) is 102 Å². The molecule has 46 heavy (non-hydrogen) atoms. The number of nitrogens with one attached hydrogen (secondary N) is 1. The zero-order valence-electron chi connectivity index (χ0n) is 25.6. The van der Waals surface area contributed by atoms with Gasteiger partial charge in [-0.2, -0.15) is 0 Å². The molecular formula is C35H36Cl3N3O4S. The van der Waals surface area contributed by atoms with Gasteiger partial charge in [-0.25, -0.2) is 8.42 Å². The average molecular weight is 701 g/mol. The van der Waals surface area contributed by atoms with E-state index in [0.717, 1.165) is 28.3 Å². The molecule has 2 amide bonds. The van der Waals surface area contributed by atoms with Crippen LogP contribution in [0.25, 0.3) is 0 Å². The predicted octanol–water partition coefficient (Wildman–Crippen LogP) is 7.71. The van der Waals surface area contributed by atoms with Crippen LogP contribution in [0.5, 0.6) is 0 Å². The molecule has 0 aliphatic rings. The second-order valence-electron chi connectivity index (χ2n) is 10.9. The third-order valence-corrected chi connectivity index (χ3v) is 9.97. The van der Waals surface area contributed by atoms with E-state index < -0.39 is 28.5 Å². The Bertz CT molecular complexity index is 1750. The standard InChI is InChI=1S/C35H36Cl3N3O4S/c1-3-4-19-39-35(43)33(21-26-9-6-5-7-10-26)40(23-27-11-8-12-28(36)20-27)34(42)24-41(32-22-29(37)15-18-31(32)38)46(44,45)30-16-13-25(2)14-17-30/h5-18,20,22,33H,3-4,19,21,23-24H2,1-2H3,(H,39,43)/t33-/m0/s1. The van der Waals surface area contributed by atoms with E-state index in [1.807, 2.05) is 44.2 Å². The lowest BCUT2D eigenvalue weighted by Crippen LogP contribution is -2.53. The molecule has 1 atom stereocenters. The number of rotatable bonds is 14. The van der Waals surface area contributed by atoms with E-state index in [4.69, 9.17) is 34.8 Å². The van der Waals surface area contributed by atoms with Gasteiger partial charge in [-0.15, -0.1) is 0 Å². The maximum absolute atomic E-state index is 14.5. The van der Waals surface area contributed by atoms with E-state index in [2.05, 4.69) is 5.32 Å². The van der Waals surface area contributed by atoms with Crippen molar-refractivity contribution in [2.45, 2.75) is 50.6 Å². The largest absolute Gasteiger partial charge is 0.354 e. The Morgan fingerprint density at radius 1 is 0.826 bits per heavy atom. The van der Waals surface area contributed by atoms with Gasteiger partial charge in [0.05, 0.1) is 15.6 Å². The van der Waals surface area contributed by atoms with Crippen LogP contribution in [0.3, 0.4) is 0 Å². The zero-order valence-corrected chi connectivity index (χ0v) is 28.7. The molecule has 0 aliphatic carbocycles. The number of carbonyl (C=O) groups is 2. The van der Waals surface area contributed by atoms with E-state index in [0.29, 0.717) is 17.1 Å². The SMILES string of the molecule is CCCCNC(=O)[C@H](Cc1ccccc1)N(Cc1cccc(Cl)c1)C(=O)CN(c1cc(Cl)ccc1Cl)S(=O)(=O)c1ccc(C)cc1. The summed E-state index contributed by atoms with van der Waals surface area (Å²) in [6.45, 7) is 3.65. The van der Waals surface area contributed by atoms with Crippen LogP contribution in [-0.4, -0.2) is 44.3 Å². The van der Waals surface area contributed by atoms with Gasteiger partial charge in [-0.1, -0.05) is 108 Å². The second kappa shape index (κ2) is 16.3. The molecule has 4 aromatic rings. The fourth-order valence-corrected chi connectivity index (χ4v) is 6.99. The van der Waals surface area contributed by atoms with E-state index in [1.54, 1.807) is 36.4 Å². The first-order valence-electron chi connectivity index (χ1n) is 14.9. The zero-order chi connectivity index (χ0) is 33.3. The minimum Gasteiger partial charge on any atom is -0.354 e. The average Bonchev–Trinajstić information content (AvgIpc) is 3.03. The Morgan fingerprint density at radius 2 is 1.50 bits per heavy atom. The highest BCUT2D eigenvalue weighted by Gasteiger charge is 2.35. The smallest absolute Gasteiger partial charge is 0.264 e. The summed E-state index contributed by atoms with van der Waals surface area (Å²) >= 11 is 19.1. The quantitative estimate of drug-likeness (QED) is 0.137. The van der Waals surface area contributed by atoms with E-state index in [9.17, 15) is 18.0 Å². The number of benzene rings is 4. The number of halogens is 3. The molecular weight excluding hydrogens is 665 g/mol. The van der Waals surface area contributed by atoms with Gasteiger partial charge in [-0.3, -0.25) is 13.9 Å². The Labute approximate surface area is 286 Å². The number of hydrogen-bond donors (Lipinski definition) is 1. The van der Waals surface area contributed by atoms with Gasteiger partial charge in [0.1, 0.15) is 12.6 Å². The summed E-state index contributed by atoms with van der Waals surface area (Å²) in [7, 11) is -4.32. The Kier molecular flexibility index (Phi) is 12.5. The molecule has 0 bridgehead atoms. The van der Waals surface area contributed by atoms with Crippen LogP contribution in [0.4, 0.5) is 5.69 Å². The van der Waals surface area contributed by atoms with Gasteiger partial charge in [-0.05, 0) is 66.9 Å². The lowest BCUT2D eigenvalue weighted by Gasteiger charge is -2.34. The van der Waals surface area contributed by atoms with E-state index >= 15 is 0 Å². The van der Waals surface area contributed by atoms with E-state index in [-0.39, 0.29) is 39.5 Å². The van der Waals surface area contributed by atoms with Crippen LogP contribution in [-0.2, 0) is 32.6 Å². The van der Waals surface area contributed by atoms with Crippen molar-refractivity contribution in [3.8, 4) is 0 Å². The number of carbonyl (C=O) groups excluding carboxylic acids is 2. The van der Waals surface area contributed by atoms with Crippen LogP contribution in [0.2, 0.25) is 15.1 Å². The summed E-state index contributed by atoms with van der Waals surface area (Å²) in [6.07, 6.45) is 1.84. The molecule has 0 spiro atoms. The van der Waals surface area contributed by atoms with Crippen LogP contribution < -0.4 is 9.62 Å². The summed E-state index contributed by atoms with van der Waals surface area (Å²) in [5, 5.41) is 3.76. The molecule has 4 aromatic carbocycles. The highest BCUT2D eigenvalue weighted by atomic mass is 35.5. The Hall–Kier alpha value is -3.56. The number of hydrogen-bond acceptors (Lipinski definition) is 4. The third-order valence-electron chi connectivity index (χ3n) is 7.41. The van der Waals surface area contributed by atoms with Gasteiger partial charge in [0.25, 0.3) is 10.0 Å². The molecule has 0 saturated heterocycles. The highest BCUT2D eigenvalue weighted by Crippen LogP contribution is 2.33. The van der Waals surface area contributed by atoms with Crippen molar-refractivity contribution in [2.75, 3.05) is 17.4 Å². The second-order valence-corrected chi connectivity index (χ2v) is 14.1. The number of sulfonamides is 1. The summed E-state index contributed by atoms with van der Waals surface area (Å²) in [4.78, 5) is 29.8. The van der Waals surface area contributed by atoms with Gasteiger partial charge < -0.3 is 10.2 Å². The fourth-order valence-electron chi connectivity index (χ4n) is 4.92. The number of anilines is 1. The summed E-state index contributed by atoms with van der Waals surface area (Å²) in [6, 6.07) is 26.1. The number of nitrogens with zero attached hydrogens (tertiary/aromatic N) is 2.